The van der Waals surface area contributed by atoms with E-state index >= 15 is 0 Å². The van der Waals surface area contributed by atoms with Gasteiger partial charge in [0.25, 0.3) is 0 Å². The van der Waals surface area contributed by atoms with Crippen LogP contribution in [0.25, 0.3) is 0 Å². The first kappa shape index (κ1) is 25.7. The number of aliphatic hydroxyl groups is 1. The molecule has 0 spiro atoms. The van der Waals surface area contributed by atoms with E-state index in [1.54, 1.807) is 26.0 Å². The highest BCUT2D eigenvalue weighted by atomic mass is 32.3. The summed E-state index contributed by atoms with van der Waals surface area (Å²) in [6.07, 6.45) is 0.101. The number of rotatable bonds is 7. The highest BCUT2D eigenvalue weighted by Gasteiger charge is 2.43. The molecule has 2 unspecified atom stereocenters. The Morgan fingerprint density at radius 2 is 2.03 bits per heavy atom. The second kappa shape index (κ2) is 9.41. The molecule has 1 aromatic heterocycles. The molecular weight excluding hydrogens is 490 g/mol. The monoisotopic (exact) mass is 519 g/mol. The zero-order chi connectivity index (χ0) is 24.6. The van der Waals surface area contributed by atoms with Crippen molar-refractivity contribution in [2.75, 3.05) is 13.1 Å². The Labute approximate surface area is 198 Å². The van der Waals surface area contributed by atoms with Gasteiger partial charge in [0.15, 0.2) is 16.3 Å². The molecule has 3 atom stereocenters. The summed E-state index contributed by atoms with van der Waals surface area (Å²) in [5.74, 6) is 0.351. The molecule has 0 radical (unpaired) electrons. The van der Waals surface area contributed by atoms with E-state index in [-0.39, 0.29) is 30.5 Å². The van der Waals surface area contributed by atoms with Gasteiger partial charge in [-0.25, -0.2) is 17.4 Å². The number of furan rings is 1. The van der Waals surface area contributed by atoms with E-state index in [0.29, 0.717) is 5.76 Å². The summed E-state index contributed by atoms with van der Waals surface area (Å²) in [6.45, 7) is 9.78. The van der Waals surface area contributed by atoms with Crippen LogP contribution in [0.15, 0.2) is 43.3 Å². The highest BCUT2D eigenvalue weighted by Crippen LogP contribution is 2.37. The predicted octanol–water partition coefficient (Wildman–Crippen LogP) is 1.55. The SMILES string of the molecule is CCN(CC)S(=O)(=O)C1SC=C(NC2=NS(=O)(=O)NC2=N[C@@H](c2ccco2)C(C)(C)C)C1O. The van der Waals surface area contributed by atoms with Gasteiger partial charge in [-0.3, -0.25) is 4.99 Å². The number of hydrogen-bond donors (Lipinski definition) is 3. The van der Waals surface area contributed by atoms with Crippen LogP contribution in [0.1, 0.15) is 46.4 Å². The fraction of sp³-hybridized carbons (Fsp3) is 0.579. The summed E-state index contributed by atoms with van der Waals surface area (Å²) in [6, 6.07) is 2.92. The zero-order valence-corrected chi connectivity index (χ0v) is 21.5. The number of hydrogen-bond acceptors (Lipinski definition) is 9. The largest absolute Gasteiger partial charge is 0.467 e. The molecule has 11 nitrogen and oxygen atoms in total. The third-order valence-corrected chi connectivity index (χ3v) is 10.0. The molecule has 3 heterocycles. The Balaban J connectivity index is 1.88. The topological polar surface area (TPSA) is 154 Å². The molecule has 0 bridgehead atoms. The van der Waals surface area contributed by atoms with Crippen molar-refractivity contribution in [1.82, 2.24) is 14.3 Å². The second-order valence-corrected chi connectivity index (χ2v) is 13.3. The summed E-state index contributed by atoms with van der Waals surface area (Å²) in [4.78, 5) is 4.55. The first-order chi connectivity index (χ1) is 15.3. The highest BCUT2D eigenvalue weighted by molar-refractivity contribution is 8.14. The number of thioether (sulfide) groups is 1. The first-order valence-electron chi connectivity index (χ1n) is 10.3. The van der Waals surface area contributed by atoms with Crippen LogP contribution in [0, 0.1) is 5.41 Å². The molecule has 0 aliphatic carbocycles. The Morgan fingerprint density at radius 1 is 1.36 bits per heavy atom. The normalized spacial score (nSPS) is 25.1. The van der Waals surface area contributed by atoms with Gasteiger partial charge in [-0.2, -0.15) is 8.42 Å². The molecule has 184 valence electrons. The Hall–Kier alpha value is -1.87. The van der Waals surface area contributed by atoms with Gasteiger partial charge >= 0.3 is 10.2 Å². The van der Waals surface area contributed by atoms with Crippen molar-refractivity contribution in [2.45, 2.75) is 51.3 Å². The third-order valence-electron chi connectivity index (χ3n) is 5.08. The van der Waals surface area contributed by atoms with Crippen LogP contribution < -0.4 is 10.0 Å². The Morgan fingerprint density at radius 3 is 2.58 bits per heavy atom. The molecule has 0 saturated carbocycles. The van der Waals surface area contributed by atoms with Crippen LogP contribution in [0.4, 0.5) is 0 Å². The maximum atomic E-state index is 12.9. The van der Waals surface area contributed by atoms with Crippen LogP contribution in [-0.4, -0.2) is 61.7 Å². The molecule has 0 saturated heterocycles. The van der Waals surface area contributed by atoms with Crippen molar-refractivity contribution in [3.05, 3.63) is 35.3 Å². The van der Waals surface area contributed by atoms with Crippen molar-refractivity contribution in [2.24, 2.45) is 14.8 Å². The minimum Gasteiger partial charge on any atom is -0.467 e. The van der Waals surface area contributed by atoms with Crippen LogP contribution in [0.3, 0.4) is 0 Å². The molecule has 33 heavy (non-hydrogen) atoms. The predicted molar refractivity (Wildman–Crippen MR) is 128 cm³/mol. The lowest BCUT2D eigenvalue weighted by molar-refractivity contribution is 0.221. The van der Waals surface area contributed by atoms with Gasteiger partial charge in [0.2, 0.25) is 10.0 Å². The summed E-state index contributed by atoms with van der Waals surface area (Å²) in [5, 5.41) is 14.9. The standard InChI is InChI=1S/C19H29N5O6S3/c1-6-24(7-2)32(26,27)18-14(25)12(11-31-18)20-16-17(23-33(28,29)22-16)21-15(19(3,4)5)13-9-8-10-30-13/h8-11,14-15,18,25H,6-7H2,1-5H3,(H,20,22)(H,21,23)/t14?,15-,18?/m0/s1. The van der Waals surface area contributed by atoms with Crippen LogP contribution >= 0.6 is 11.8 Å². The van der Waals surface area contributed by atoms with E-state index in [1.165, 1.54) is 16.0 Å². The molecule has 2 aliphatic heterocycles. The van der Waals surface area contributed by atoms with Crippen molar-refractivity contribution < 1.29 is 26.4 Å². The average molecular weight is 520 g/mol. The lowest BCUT2D eigenvalue weighted by Crippen LogP contribution is -2.44. The smallest absolute Gasteiger partial charge is 0.345 e. The molecule has 2 aliphatic rings. The number of aliphatic hydroxyl groups excluding tert-OH is 1. The quantitative estimate of drug-likeness (QED) is 0.490. The molecule has 3 N–H and O–H groups in total. The van der Waals surface area contributed by atoms with E-state index in [9.17, 15) is 21.9 Å². The van der Waals surface area contributed by atoms with Crippen LogP contribution in [-0.2, 0) is 20.2 Å². The van der Waals surface area contributed by atoms with Crippen LogP contribution in [0.5, 0.6) is 0 Å². The molecule has 0 fully saturated rings. The third kappa shape index (κ3) is 5.45. The van der Waals surface area contributed by atoms with Gasteiger partial charge < -0.3 is 14.8 Å². The van der Waals surface area contributed by atoms with Gasteiger partial charge in [-0.05, 0) is 23.0 Å². The van der Waals surface area contributed by atoms with E-state index in [4.69, 9.17) is 4.42 Å². The summed E-state index contributed by atoms with van der Waals surface area (Å²) in [5.41, 5.74) is -0.300. The molecule has 14 heteroatoms. The Kier molecular flexibility index (Phi) is 7.34. The van der Waals surface area contributed by atoms with Gasteiger partial charge in [-0.1, -0.05) is 34.6 Å². The number of nitrogens with one attached hydrogen (secondary N) is 2. The van der Waals surface area contributed by atoms with Gasteiger partial charge in [0.05, 0.1) is 12.0 Å². The van der Waals surface area contributed by atoms with E-state index < -0.39 is 42.4 Å². The van der Waals surface area contributed by atoms with Gasteiger partial charge in [0, 0.05) is 13.1 Å². The molecule has 3 rings (SSSR count). The minimum absolute atomic E-state index is 0.0560. The maximum absolute atomic E-state index is 12.9. The Bertz CT molecular complexity index is 1160. The van der Waals surface area contributed by atoms with Crippen molar-refractivity contribution >= 4 is 43.7 Å². The molecule has 1 aromatic rings. The minimum atomic E-state index is -4.06. The van der Waals surface area contributed by atoms with E-state index in [2.05, 4.69) is 19.4 Å². The fourth-order valence-electron chi connectivity index (χ4n) is 3.42. The summed E-state index contributed by atoms with van der Waals surface area (Å²) in [7, 11) is -7.84. The van der Waals surface area contributed by atoms with E-state index in [1.807, 2.05) is 20.8 Å². The maximum Gasteiger partial charge on any atom is 0.345 e. The van der Waals surface area contributed by atoms with Gasteiger partial charge in [0.1, 0.15) is 17.9 Å². The summed E-state index contributed by atoms with van der Waals surface area (Å²) < 4.78 is 61.6. The van der Waals surface area contributed by atoms with Crippen molar-refractivity contribution in [1.29, 1.82) is 0 Å². The number of nitrogens with zero attached hydrogens (tertiary/aromatic N) is 3. The number of amidine groups is 2. The number of sulfonamides is 1. The number of aliphatic imine (C=N–C) groups is 1. The summed E-state index contributed by atoms with van der Waals surface area (Å²) >= 11 is 0.941. The molecular formula is C19H29N5O6S3. The zero-order valence-electron chi connectivity index (χ0n) is 19.0. The average Bonchev–Trinajstić information content (AvgIpc) is 3.40. The lowest BCUT2D eigenvalue weighted by Gasteiger charge is -2.26. The fourth-order valence-corrected chi connectivity index (χ4v) is 7.59. The first-order valence-corrected chi connectivity index (χ1v) is 14.2. The van der Waals surface area contributed by atoms with Gasteiger partial charge in [-0.15, -0.1) is 16.2 Å². The van der Waals surface area contributed by atoms with Crippen molar-refractivity contribution in [3.63, 3.8) is 0 Å². The second-order valence-electron chi connectivity index (χ2n) is 8.56. The van der Waals surface area contributed by atoms with Crippen LogP contribution in [0.2, 0.25) is 0 Å². The van der Waals surface area contributed by atoms with E-state index in [0.717, 1.165) is 11.8 Å². The molecule has 0 amide bonds. The molecule has 0 aromatic carbocycles. The van der Waals surface area contributed by atoms with Crippen molar-refractivity contribution in [3.8, 4) is 0 Å². The lowest BCUT2D eigenvalue weighted by atomic mass is 9.85.